The first-order valence-corrected chi connectivity index (χ1v) is 9.81. The van der Waals surface area contributed by atoms with Crippen LogP contribution < -0.4 is 5.73 Å². The molecule has 3 aromatic rings. The quantitative estimate of drug-likeness (QED) is 0.606. The van der Waals surface area contributed by atoms with Crippen LogP contribution in [0.1, 0.15) is 11.3 Å². The minimum Gasteiger partial charge on any atom is -0.391 e. The number of nitrogens with zero attached hydrogens (tertiary/aromatic N) is 4. The van der Waals surface area contributed by atoms with Gasteiger partial charge in [-0.05, 0) is 5.56 Å². The number of thioether (sulfide) groups is 1. The number of H-pyrrole nitrogens is 1. The van der Waals surface area contributed by atoms with Crippen LogP contribution in [-0.2, 0) is 12.3 Å². The largest absolute Gasteiger partial charge is 0.391 e. The number of aliphatic hydroxyl groups is 1. The molecule has 136 valence electrons. The van der Waals surface area contributed by atoms with Crippen LogP contribution in [0, 0.1) is 5.92 Å². The van der Waals surface area contributed by atoms with Gasteiger partial charge >= 0.3 is 0 Å². The van der Waals surface area contributed by atoms with Crippen molar-refractivity contribution in [2.45, 2.75) is 18.4 Å². The number of likely N-dealkylation sites (tertiary alicyclic amines) is 1. The predicted molar refractivity (Wildman–Crippen MR) is 103 cm³/mol. The second-order valence-electron chi connectivity index (χ2n) is 6.68. The summed E-state index contributed by atoms with van der Waals surface area (Å²) in [5.41, 5.74) is 9.45. The van der Waals surface area contributed by atoms with Crippen molar-refractivity contribution >= 4 is 28.6 Å². The predicted octanol–water partition coefficient (Wildman–Crippen LogP) is 1.66. The molecule has 4 rings (SSSR count). The molecule has 1 fully saturated rings. The van der Waals surface area contributed by atoms with Gasteiger partial charge in [0.25, 0.3) is 0 Å². The fourth-order valence-electron chi connectivity index (χ4n) is 3.36. The number of aromatic nitrogens is 4. The van der Waals surface area contributed by atoms with E-state index >= 15 is 0 Å². The molecular formula is C18H22N6OS. The molecule has 0 radical (unpaired) electrons. The van der Waals surface area contributed by atoms with E-state index in [1.807, 2.05) is 17.8 Å². The lowest BCUT2D eigenvalue weighted by molar-refractivity contribution is 0.149. The number of nitrogens with two attached hydrogens (primary N) is 1. The van der Waals surface area contributed by atoms with Gasteiger partial charge in [-0.1, -0.05) is 30.3 Å². The fourth-order valence-corrected chi connectivity index (χ4v) is 4.54. The van der Waals surface area contributed by atoms with Crippen LogP contribution in [0.4, 0.5) is 5.82 Å². The fraction of sp³-hybridized carbons (Fsp3) is 0.389. The Bertz CT molecular complexity index is 871. The maximum Gasteiger partial charge on any atom is 0.152 e. The molecule has 1 aliphatic rings. The van der Waals surface area contributed by atoms with Crippen molar-refractivity contribution in [1.82, 2.24) is 25.1 Å². The van der Waals surface area contributed by atoms with Crippen LogP contribution in [0.5, 0.6) is 0 Å². The lowest BCUT2D eigenvalue weighted by atomic mass is 10.1. The maximum atomic E-state index is 10.4. The van der Waals surface area contributed by atoms with Gasteiger partial charge in [-0.2, -0.15) is 16.9 Å². The van der Waals surface area contributed by atoms with E-state index in [1.54, 1.807) is 0 Å². The Balaban J connectivity index is 1.34. The van der Waals surface area contributed by atoms with Crippen LogP contribution >= 0.6 is 11.8 Å². The van der Waals surface area contributed by atoms with Crippen molar-refractivity contribution in [3.8, 4) is 0 Å². The summed E-state index contributed by atoms with van der Waals surface area (Å²) in [4.78, 5) is 10.5. The number of benzene rings is 1. The molecule has 7 nitrogen and oxygen atoms in total. The zero-order chi connectivity index (χ0) is 17.9. The standard InChI is InChI=1S/C18H22N6OS/c19-18-17-16(20-11-21-18)14(22-23-17)7-24-6-13(15(25)8-24)10-26-9-12-4-2-1-3-5-12/h1-5,11,13,15,25H,6-10H2,(H,22,23)(H2,19,20,21)/t13-,15?/m1/s1. The van der Waals surface area contributed by atoms with E-state index in [0.717, 1.165) is 29.3 Å². The van der Waals surface area contributed by atoms with Crippen LogP contribution in [0.15, 0.2) is 36.7 Å². The van der Waals surface area contributed by atoms with E-state index < -0.39 is 0 Å². The van der Waals surface area contributed by atoms with Crippen LogP contribution in [0.2, 0.25) is 0 Å². The zero-order valence-corrected chi connectivity index (χ0v) is 15.2. The maximum absolute atomic E-state index is 10.4. The van der Waals surface area contributed by atoms with Crippen molar-refractivity contribution < 1.29 is 5.11 Å². The molecule has 8 heteroatoms. The molecule has 0 bridgehead atoms. The molecule has 0 amide bonds. The molecule has 2 atom stereocenters. The Hall–Kier alpha value is -2.16. The summed E-state index contributed by atoms with van der Waals surface area (Å²) in [5, 5.41) is 17.7. The van der Waals surface area contributed by atoms with Crippen molar-refractivity contribution in [3.05, 3.63) is 47.9 Å². The number of nitrogens with one attached hydrogen (secondary N) is 1. The summed E-state index contributed by atoms with van der Waals surface area (Å²) in [6.07, 6.45) is 1.15. The van der Waals surface area contributed by atoms with E-state index in [4.69, 9.17) is 5.73 Å². The highest BCUT2D eigenvalue weighted by Crippen LogP contribution is 2.26. The topological polar surface area (TPSA) is 104 Å². The van der Waals surface area contributed by atoms with Gasteiger partial charge in [0.05, 0.1) is 6.10 Å². The summed E-state index contributed by atoms with van der Waals surface area (Å²) >= 11 is 1.88. The molecule has 1 saturated heterocycles. The number of aromatic amines is 1. The summed E-state index contributed by atoms with van der Waals surface area (Å²) in [7, 11) is 0. The number of hydrogen-bond donors (Lipinski definition) is 3. The number of aliphatic hydroxyl groups excluding tert-OH is 1. The van der Waals surface area contributed by atoms with Crippen molar-refractivity contribution in [2.24, 2.45) is 5.92 Å². The van der Waals surface area contributed by atoms with Crippen LogP contribution in [0.25, 0.3) is 11.0 Å². The molecule has 0 saturated carbocycles. The average molecular weight is 370 g/mol. The summed E-state index contributed by atoms with van der Waals surface area (Å²) < 4.78 is 0. The Morgan fingerprint density at radius 2 is 2.08 bits per heavy atom. The third kappa shape index (κ3) is 3.67. The Kier molecular flexibility index (Phi) is 5.05. The first-order chi connectivity index (χ1) is 12.7. The molecular weight excluding hydrogens is 348 g/mol. The third-order valence-electron chi connectivity index (χ3n) is 4.75. The van der Waals surface area contributed by atoms with Gasteiger partial charge in [0.15, 0.2) is 5.82 Å². The first kappa shape index (κ1) is 17.3. The Labute approximate surface area is 156 Å². The minimum absolute atomic E-state index is 0.272. The normalized spacial score (nSPS) is 20.8. The highest BCUT2D eigenvalue weighted by Gasteiger charge is 2.31. The van der Waals surface area contributed by atoms with Crippen LogP contribution in [-0.4, -0.2) is 55.1 Å². The summed E-state index contributed by atoms with van der Waals surface area (Å²) in [5.74, 6) is 2.60. The second kappa shape index (κ2) is 7.61. The second-order valence-corrected chi connectivity index (χ2v) is 7.71. The number of hydrogen-bond acceptors (Lipinski definition) is 7. The highest BCUT2D eigenvalue weighted by molar-refractivity contribution is 7.98. The van der Waals surface area contributed by atoms with E-state index in [1.165, 1.54) is 11.9 Å². The Morgan fingerprint density at radius 3 is 2.92 bits per heavy atom. The van der Waals surface area contributed by atoms with Crippen molar-refractivity contribution in [3.63, 3.8) is 0 Å². The molecule has 4 N–H and O–H groups in total. The molecule has 26 heavy (non-hydrogen) atoms. The first-order valence-electron chi connectivity index (χ1n) is 8.66. The van der Waals surface area contributed by atoms with Crippen molar-refractivity contribution in [1.29, 1.82) is 0 Å². The molecule has 1 aliphatic heterocycles. The smallest absolute Gasteiger partial charge is 0.152 e. The number of fused-ring (bicyclic) bond motifs is 1. The van der Waals surface area contributed by atoms with E-state index in [9.17, 15) is 5.11 Å². The number of β-amino-alcohol motifs (C(OH)–C–C–N with tert-alkyl or cyclic N) is 1. The Morgan fingerprint density at radius 1 is 1.23 bits per heavy atom. The molecule has 0 aliphatic carbocycles. The average Bonchev–Trinajstić information content (AvgIpc) is 3.21. The van der Waals surface area contributed by atoms with E-state index in [-0.39, 0.29) is 12.0 Å². The van der Waals surface area contributed by atoms with Gasteiger partial charge in [-0.3, -0.25) is 10.00 Å². The van der Waals surface area contributed by atoms with E-state index in [2.05, 4.69) is 49.3 Å². The van der Waals surface area contributed by atoms with Gasteiger partial charge in [0.1, 0.15) is 23.1 Å². The number of nitrogen functional groups attached to an aromatic ring is 1. The van der Waals surface area contributed by atoms with Gasteiger partial charge in [0.2, 0.25) is 0 Å². The molecule has 0 spiro atoms. The molecule has 1 unspecified atom stereocenters. The van der Waals surface area contributed by atoms with Crippen LogP contribution in [0.3, 0.4) is 0 Å². The molecule has 2 aromatic heterocycles. The lowest BCUT2D eigenvalue weighted by Gasteiger charge is -2.14. The van der Waals surface area contributed by atoms with Gasteiger partial charge < -0.3 is 10.8 Å². The summed E-state index contributed by atoms with van der Waals surface area (Å²) in [6, 6.07) is 10.4. The van der Waals surface area contributed by atoms with Crippen molar-refractivity contribution in [2.75, 3.05) is 24.6 Å². The third-order valence-corrected chi connectivity index (χ3v) is 5.95. The minimum atomic E-state index is -0.303. The van der Waals surface area contributed by atoms with E-state index in [0.29, 0.717) is 24.4 Å². The monoisotopic (exact) mass is 370 g/mol. The lowest BCUT2D eigenvalue weighted by Crippen LogP contribution is -2.21. The number of anilines is 1. The van der Waals surface area contributed by atoms with Gasteiger partial charge in [0, 0.05) is 37.1 Å². The van der Waals surface area contributed by atoms with Gasteiger partial charge in [-0.25, -0.2) is 9.97 Å². The molecule has 3 heterocycles. The molecule has 1 aromatic carbocycles. The highest BCUT2D eigenvalue weighted by atomic mass is 32.2. The SMILES string of the molecule is Nc1ncnc2c(CN3CC(O)[C@@H](CSCc4ccccc4)C3)n[nH]c12. The zero-order valence-electron chi connectivity index (χ0n) is 14.4. The number of rotatable bonds is 6. The summed E-state index contributed by atoms with van der Waals surface area (Å²) in [6.45, 7) is 2.16. The van der Waals surface area contributed by atoms with Gasteiger partial charge in [-0.15, -0.1) is 0 Å².